The van der Waals surface area contributed by atoms with E-state index >= 15 is 0 Å². The molecule has 0 spiro atoms. The third-order valence-electron chi connectivity index (χ3n) is 3.96. The van der Waals surface area contributed by atoms with Crippen molar-refractivity contribution in [3.63, 3.8) is 0 Å². The van der Waals surface area contributed by atoms with E-state index in [1.807, 2.05) is 18.2 Å². The van der Waals surface area contributed by atoms with Gasteiger partial charge in [-0.3, -0.25) is 9.97 Å². The van der Waals surface area contributed by atoms with Crippen LogP contribution in [0.4, 0.5) is 0 Å². The molecule has 2 rings (SSSR count). The lowest BCUT2D eigenvalue weighted by atomic mass is 10.0. The molecule has 3 heteroatoms. The number of aromatic nitrogens is 2. The summed E-state index contributed by atoms with van der Waals surface area (Å²) in [6.07, 6.45) is 12.7. The third-order valence-corrected chi connectivity index (χ3v) is 3.96. The Morgan fingerprint density at radius 2 is 1.57 bits per heavy atom. The van der Waals surface area contributed by atoms with Crippen molar-refractivity contribution in [1.29, 1.82) is 0 Å². The smallest absolute Gasteiger partial charge is 0.0890 e. The fourth-order valence-corrected chi connectivity index (χ4v) is 2.65. The van der Waals surface area contributed by atoms with E-state index in [1.54, 1.807) is 12.4 Å². The van der Waals surface area contributed by atoms with E-state index in [2.05, 4.69) is 16.9 Å². The Morgan fingerprint density at radius 3 is 2.33 bits per heavy atom. The summed E-state index contributed by atoms with van der Waals surface area (Å²) < 4.78 is 0. The molecular weight excluding hydrogens is 260 g/mol. The lowest BCUT2D eigenvalue weighted by Gasteiger charge is -2.11. The second-order valence-corrected chi connectivity index (χ2v) is 5.73. The second kappa shape index (κ2) is 8.73. The van der Waals surface area contributed by atoms with Crippen LogP contribution >= 0.6 is 0 Å². The van der Waals surface area contributed by atoms with Gasteiger partial charge in [-0.25, -0.2) is 0 Å². The summed E-state index contributed by atoms with van der Waals surface area (Å²) in [6.45, 7) is 2.24. The lowest BCUT2D eigenvalue weighted by Crippen LogP contribution is -1.98. The summed E-state index contributed by atoms with van der Waals surface area (Å²) >= 11 is 0. The number of benzene rings is 1. The van der Waals surface area contributed by atoms with Crippen LogP contribution in [0.25, 0.3) is 11.0 Å². The average molecular weight is 286 g/mol. The van der Waals surface area contributed by atoms with Crippen LogP contribution in [0, 0.1) is 0 Å². The molecule has 0 fully saturated rings. The molecule has 0 aliphatic carbocycles. The lowest BCUT2D eigenvalue weighted by molar-refractivity contribution is 0.163. The Balaban J connectivity index is 1.75. The average Bonchev–Trinajstić information content (AvgIpc) is 2.53. The van der Waals surface area contributed by atoms with Crippen molar-refractivity contribution < 1.29 is 5.11 Å². The molecule has 2 aromatic rings. The number of fused-ring (bicyclic) bond motifs is 1. The number of rotatable bonds is 9. The summed E-state index contributed by atoms with van der Waals surface area (Å²) in [7, 11) is 0. The van der Waals surface area contributed by atoms with Crippen LogP contribution in [0.3, 0.4) is 0 Å². The number of unbranched alkanes of at least 4 members (excludes halogenated alkanes) is 6. The van der Waals surface area contributed by atoms with Gasteiger partial charge in [0.15, 0.2) is 0 Å². The van der Waals surface area contributed by atoms with Gasteiger partial charge in [-0.15, -0.1) is 0 Å². The Bertz CT molecular complexity index is 541. The molecule has 0 aliphatic rings. The molecule has 0 amide bonds. The molecule has 1 aromatic carbocycles. The van der Waals surface area contributed by atoms with Crippen LogP contribution < -0.4 is 0 Å². The van der Waals surface area contributed by atoms with Crippen molar-refractivity contribution in [3.05, 3.63) is 36.2 Å². The molecule has 1 N–H and O–H groups in total. The Labute approximate surface area is 127 Å². The third kappa shape index (κ3) is 5.09. The maximum Gasteiger partial charge on any atom is 0.0890 e. The fraction of sp³-hybridized carbons (Fsp3) is 0.556. The van der Waals surface area contributed by atoms with Crippen molar-refractivity contribution in [3.8, 4) is 0 Å². The summed E-state index contributed by atoms with van der Waals surface area (Å²) in [4.78, 5) is 8.54. The molecule has 3 nitrogen and oxygen atoms in total. The Hall–Kier alpha value is -1.48. The molecule has 0 aliphatic heterocycles. The van der Waals surface area contributed by atoms with Crippen LogP contribution in [-0.4, -0.2) is 15.1 Å². The first kappa shape index (κ1) is 15.9. The highest BCUT2D eigenvalue weighted by Gasteiger charge is 2.08. The molecule has 1 aromatic heterocycles. The van der Waals surface area contributed by atoms with Crippen molar-refractivity contribution in [1.82, 2.24) is 9.97 Å². The van der Waals surface area contributed by atoms with E-state index < -0.39 is 0 Å². The first-order valence-electron chi connectivity index (χ1n) is 8.20. The Morgan fingerprint density at radius 1 is 0.905 bits per heavy atom. The molecule has 0 bridgehead atoms. The minimum atomic E-state index is -0.382. The predicted molar refractivity (Wildman–Crippen MR) is 87.1 cm³/mol. The molecule has 0 radical (unpaired) electrons. The number of aliphatic hydroxyl groups excluding tert-OH is 1. The van der Waals surface area contributed by atoms with Crippen molar-refractivity contribution in [2.75, 3.05) is 0 Å². The molecule has 114 valence electrons. The van der Waals surface area contributed by atoms with Gasteiger partial charge in [0.1, 0.15) is 0 Å². The zero-order chi connectivity index (χ0) is 14.9. The molecule has 0 saturated carbocycles. The van der Waals surface area contributed by atoms with E-state index in [1.165, 1.54) is 38.5 Å². The highest BCUT2D eigenvalue weighted by atomic mass is 16.3. The van der Waals surface area contributed by atoms with Crippen molar-refractivity contribution in [2.45, 2.75) is 64.4 Å². The zero-order valence-electron chi connectivity index (χ0n) is 13.0. The number of nitrogens with zero attached hydrogens (tertiary/aromatic N) is 2. The van der Waals surface area contributed by atoms with E-state index in [0.29, 0.717) is 0 Å². The maximum atomic E-state index is 10.3. The molecular formula is C18H26N2O. The van der Waals surface area contributed by atoms with Crippen LogP contribution in [0.5, 0.6) is 0 Å². The van der Waals surface area contributed by atoms with E-state index in [9.17, 15) is 5.11 Å². The molecule has 0 saturated heterocycles. The largest absolute Gasteiger partial charge is 0.388 e. The van der Waals surface area contributed by atoms with Crippen LogP contribution in [0.2, 0.25) is 0 Å². The van der Waals surface area contributed by atoms with Crippen molar-refractivity contribution >= 4 is 11.0 Å². The number of hydrogen-bond donors (Lipinski definition) is 1. The van der Waals surface area contributed by atoms with Crippen molar-refractivity contribution in [2.24, 2.45) is 0 Å². The second-order valence-electron chi connectivity index (χ2n) is 5.73. The van der Waals surface area contributed by atoms with Crippen LogP contribution in [0.1, 0.15) is 70.0 Å². The van der Waals surface area contributed by atoms with E-state index in [0.717, 1.165) is 29.4 Å². The molecule has 1 atom stereocenters. The van der Waals surface area contributed by atoms with Gasteiger partial charge in [0.05, 0.1) is 17.1 Å². The first-order valence-corrected chi connectivity index (χ1v) is 8.20. The predicted octanol–water partition coefficient (Wildman–Crippen LogP) is 4.80. The monoisotopic (exact) mass is 286 g/mol. The molecule has 1 heterocycles. The minimum Gasteiger partial charge on any atom is -0.388 e. The number of hydrogen-bond acceptors (Lipinski definition) is 3. The SMILES string of the molecule is CCCCCCCCCC(O)c1ccc2nccnc2c1. The van der Waals surface area contributed by atoms with Gasteiger partial charge >= 0.3 is 0 Å². The van der Waals surface area contributed by atoms with Gasteiger partial charge < -0.3 is 5.11 Å². The van der Waals surface area contributed by atoms with Gasteiger partial charge in [-0.05, 0) is 24.1 Å². The Kier molecular flexibility index (Phi) is 6.61. The van der Waals surface area contributed by atoms with Gasteiger partial charge in [0, 0.05) is 12.4 Å². The van der Waals surface area contributed by atoms with Crippen LogP contribution in [-0.2, 0) is 0 Å². The molecule has 21 heavy (non-hydrogen) atoms. The summed E-state index contributed by atoms with van der Waals surface area (Å²) in [5.41, 5.74) is 2.69. The fourth-order valence-electron chi connectivity index (χ4n) is 2.65. The maximum absolute atomic E-state index is 10.3. The number of aliphatic hydroxyl groups is 1. The standard InChI is InChI=1S/C18H26N2O/c1-2-3-4-5-6-7-8-9-18(21)15-10-11-16-17(14-15)20-13-12-19-16/h10-14,18,21H,2-9H2,1H3. The normalized spacial score (nSPS) is 12.7. The van der Waals surface area contributed by atoms with Gasteiger partial charge in [0.25, 0.3) is 0 Å². The van der Waals surface area contributed by atoms with Gasteiger partial charge in [-0.1, -0.05) is 57.9 Å². The van der Waals surface area contributed by atoms with Crippen LogP contribution in [0.15, 0.2) is 30.6 Å². The summed E-state index contributed by atoms with van der Waals surface area (Å²) in [5, 5.41) is 10.3. The summed E-state index contributed by atoms with van der Waals surface area (Å²) in [5.74, 6) is 0. The van der Waals surface area contributed by atoms with E-state index in [4.69, 9.17) is 0 Å². The zero-order valence-corrected chi connectivity index (χ0v) is 13.0. The minimum absolute atomic E-state index is 0.382. The quantitative estimate of drug-likeness (QED) is 0.673. The highest BCUT2D eigenvalue weighted by Crippen LogP contribution is 2.22. The van der Waals surface area contributed by atoms with E-state index in [-0.39, 0.29) is 6.10 Å². The van der Waals surface area contributed by atoms with Gasteiger partial charge in [0.2, 0.25) is 0 Å². The highest BCUT2D eigenvalue weighted by molar-refractivity contribution is 5.74. The molecule has 1 unspecified atom stereocenters. The van der Waals surface area contributed by atoms with Gasteiger partial charge in [-0.2, -0.15) is 0 Å². The first-order chi connectivity index (χ1) is 10.3. The summed E-state index contributed by atoms with van der Waals surface area (Å²) in [6, 6.07) is 5.85. The topological polar surface area (TPSA) is 46.0 Å².